The van der Waals surface area contributed by atoms with Crippen LogP contribution in [0.25, 0.3) is 11.3 Å². The molecule has 0 atom stereocenters. The number of carbonyl (C=O) groups is 1. The van der Waals surface area contributed by atoms with Crippen LogP contribution in [0.3, 0.4) is 0 Å². The fourth-order valence-corrected chi connectivity index (χ4v) is 2.19. The van der Waals surface area contributed by atoms with E-state index in [9.17, 15) is 4.79 Å². The zero-order valence-electron chi connectivity index (χ0n) is 13.2. The van der Waals surface area contributed by atoms with Crippen LogP contribution in [0, 0.1) is 6.92 Å². The van der Waals surface area contributed by atoms with Gasteiger partial charge in [0.25, 0.3) is 5.91 Å². The Bertz CT molecular complexity index is 704. The van der Waals surface area contributed by atoms with Crippen molar-refractivity contribution in [3.8, 4) is 17.0 Å². The molecule has 1 heterocycles. The third kappa shape index (κ3) is 4.17. The molecule has 0 fully saturated rings. The number of nitrogens with two attached hydrogens (primary N) is 2. The van der Waals surface area contributed by atoms with Gasteiger partial charge in [0.2, 0.25) is 5.95 Å². The highest BCUT2D eigenvalue weighted by atomic mass is 16.5. The summed E-state index contributed by atoms with van der Waals surface area (Å²) in [7, 11) is 0. The van der Waals surface area contributed by atoms with Gasteiger partial charge in [0.1, 0.15) is 12.4 Å². The normalized spacial score (nSPS) is 10.5. The first kappa shape index (κ1) is 16.7. The maximum atomic E-state index is 11.7. The van der Waals surface area contributed by atoms with Crippen LogP contribution >= 0.6 is 0 Å². The molecule has 0 radical (unpaired) electrons. The van der Waals surface area contributed by atoms with Crippen molar-refractivity contribution in [2.45, 2.75) is 13.8 Å². The number of amides is 1. The number of anilines is 1. The van der Waals surface area contributed by atoms with Crippen molar-refractivity contribution >= 4 is 11.9 Å². The van der Waals surface area contributed by atoms with Gasteiger partial charge in [-0.1, -0.05) is 12.1 Å². The van der Waals surface area contributed by atoms with Crippen LogP contribution in [0.1, 0.15) is 23.0 Å². The number of ether oxygens (including phenoxy) is 2. The molecule has 7 nitrogen and oxygen atoms in total. The smallest absolute Gasteiger partial charge is 0.252 e. The summed E-state index contributed by atoms with van der Waals surface area (Å²) < 4.78 is 10.8. The molecular formula is C16H20N4O3. The molecule has 0 aliphatic rings. The summed E-state index contributed by atoms with van der Waals surface area (Å²) in [6.07, 6.45) is 0. The number of hydrogen-bond donors (Lipinski definition) is 2. The predicted octanol–water partition coefficient (Wildman–Crippen LogP) is 1.55. The van der Waals surface area contributed by atoms with Crippen LogP contribution in [-0.4, -0.2) is 35.7 Å². The minimum absolute atomic E-state index is 0.0881. The van der Waals surface area contributed by atoms with E-state index < -0.39 is 5.91 Å². The lowest BCUT2D eigenvalue weighted by atomic mass is 10.0. The van der Waals surface area contributed by atoms with Gasteiger partial charge in [-0.05, 0) is 26.0 Å². The van der Waals surface area contributed by atoms with E-state index in [-0.39, 0.29) is 11.5 Å². The van der Waals surface area contributed by atoms with E-state index >= 15 is 0 Å². The van der Waals surface area contributed by atoms with Gasteiger partial charge < -0.3 is 20.9 Å². The minimum Gasteiger partial charge on any atom is -0.491 e. The zero-order valence-corrected chi connectivity index (χ0v) is 13.2. The van der Waals surface area contributed by atoms with Crippen LogP contribution in [0.2, 0.25) is 0 Å². The van der Waals surface area contributed by atoms with Gasteiger partial charge in [-0.15, -0.1) is 0 Å². The number of rotatable bonds is 7. The molecule has 0 aliphatic carbocycles. The fraction of sp³-hybridized carbons (Fsp3) is 0.312. The molecule has 1 aromatic carbocycles. The van der Waals surface area contributed by atoms with Crippen LogP contribution in [-0.2, 0) is 4.74 Å². The number of nitrogen functional groups attached to an aromatic ring is 1. The Labute approximate surface area is 134 Å². The van der Waals surface area contributed by atoms with Crippen molar-refractivity contribution in [3.05, 3.63) is 35.5 Å². The Kier molecular flexibility index (Phi) is 5.48. The fourth-order valence-electron chi connectivity index (χ4n) is 2.19. The summed E-state index contributed by atoms with van der Waals surface area (Å²) in [5, 5.41) is 0. The zero-order chi connectivity index (χ0) is 16.8. The summed E-state index contributed by atoms with van der Waals surface area (Å²) in [5.74, 6) is 0.137. The van der Waals surface area contributed by atoms with Crippen molar-refractivity contribution in [2.24, 2.45) is 5.73 Å². The maximum absolute atomic E-state index is 11.7. The highest BCUT2D eigenvalue weighted by molar-refractivity contribution is 6.00. The second-order valence-electron chi connectivity index (χ2n) is 4.83. The average molecular weight is 316 g/mol. The molecule has 7 heteroatoms. The number of aromatic nitrogens is 2. The lowest BCUT2D eigenvalue weighted by Gasteiger charge is -2.11. The molecule has 2 rings (SSSR count). The summed E-state index contributed by atoms with van der Waals surface area (Å²) >= 11 is 0. The second-order valence-corrected chi connectivity index (χ2v) is 4.83. The molecule has 0 spiro atoms. The molecule has 0 saturated heterocycles. The van der Waals surface area contributed by atoms with Crippen LogP contribution in [0.4, 0.5) is 5.95 Å². The van der Waals surface area contributed by atoms with Crippen LogP contribution < -0.4 is 16.2 Å². The van der Waals surface area contributed by atoms with Crippen LogP contribution in [0.15, 0.2) is 24.3 Å². The summed E-state index contributed by atoms with van der Waals surface area (Å²) in [6, 6.07) is 7.21. The average Bonchev–Trinajstić information content (AvgIpc) is 2.50. The highest BCUT2D eigenvalue weighted by Gasteiger charge is 2.17. The van der Waals surface area contributed by atoms with Crippen molar-refractivity contribution in [1.82, 2.24) is 9.97 Å². The predicted molar refractivity (Wildman–Crippen MR) is 87.1 cm³/mol. The molecule has 0 aliphatic heterocycles. The first-order valence-electron chi connectivity index (χ1n) is 7.27. The Morgan fingerprint density at radius 2 is 2.04 bits per heavy atom. The lowest BCUT2D eigenvalue weighted by molar-refractivity contribution is 0.0999. The first-order valence-corrected chi connectivity index (χ1v) is 7.27. The largest absolute Gasteiger partial charge is 0.491 e. The number of nitrogens with zero attached hydrogens (tertiary/aromatic N) is 2. The quantitative estimate of drug-likeness (QED) is 0.749. The number of aryl methyl sites for hydroxylation is 1. The lowest BCUT2D eigenvalue weighted by Crippen LogP contribution is -2.17. The van der Waals surface area contributed by atoms with Gasteiger partial charge in [0.05, 0.1) is 23.6 Å². The van der Waals surface area contributed by atoms with Crippen molar-refractivity contribution in [2.75, 3.05) is 25.6 Å². The summed E-state index contributed by atoms with van der Waals surface area (Å²) in [5.41, 5.74) is 12.9. The van der Waals surface area contributed by atoms with Gasteiger partial charge in [0.15, 0.2) is 0 Å². The molecule has 4 N–H and O–H groups in total. The van der Waals surface area contributed by atoms with Gasteiger partial charge in [-0.3, -0.25) is 4.79 Å². The first-order chi connectivity index (χ1) is 11.0. The van der Waals surface area contributed by atoms with Gasteiger partial charge in [-0.25, -0.2) is 9.97 Å². The molecular weight excluding hydrogens is 296 g/mol. The summed E-state index contributed by atoms with van der Waals surface area (Å²) in [6.45, 7) is 5.18. The molecule has 2 aromatic rings. The molecule has 1 aromatic heterocycles. The molecule has 0 unspecified atom stereocenters. The number of carbonyl (C=O) groups excluding carboxylic acids is 1. The van der Waals surface area contributed by atoms with E-state index in [4.69, 9.17) is 20.9 Å². The SMILES string of the molecule is CCOCCOc1cccc(-c2nc(N)nc(C)c2C(N)=O)c1. The highest BCUT2D eigenvalue weighted by Crippen LogP contribution is 2.27. The van der Waals surface area contributed by atoms with Crippen molar-refractivity contribution in [1.29, 1.82) is 0 Å². The third-order valence-electron chi connectivity index (χ3n) is 3.16. The van der Waals surface area contributed by atoms with Gasteiger partial charge in [0, 0.05) is 12.2 Å². The van der Waals surface area contributed by atoms with Crippen LogP contribution in [0.5, 0.6) is 5.75 Å². The number of primary amides is 1. The van der Waals surface area contributed by atoms with Crippen molar-refractivity contribution < 1.29 is 14.3 Å². The Hall–Kier alpha value is -2.67. The van der Waals surface area contributed by atoms with Gasteiger partial charge >= 0.3 is 0 Å². The molecule has 1 amide bonds. The number of benzene rings is 1. The minimum atomic E-state index is -0.597. The standard InChI is InChI=1S/C16H20N4O3/c1-3-22-7-8-23-12-6-4-5-11(9-12)14-13(15(17)21)10(2)19-16(18)20-14/h4-6,9H,3,7-8H2,1-2H3,(H2,17,21)(H2,18,19,20). The molecule has 122 valence electrons. The monoisotopic (exact) mass is 316 g/mol. The Morgan fingerprint density at radius 1 is 1.26 bits per heavy atom. The van der Waals surface area contributed by atoms with Crippen molar-refractivity contribution in [3.63, 3.8) is 0 Å². The second kappa shape index (κ2) is 7.55. The molecule has 0 bridgehead atoms. The van der Waals surface area contributed by atoms with E-state index in [1.54, 1.807) is 13.0 Å². The van der Waals surface area contributed by atoms with E-state index in [1.807, 2.05) is 25.1 Å². The summed E-state index contributed by atoms with van der Waals surface area (Å²) in [4.78, 5) is 19.9. The van der Waals surface area contributed by atoms with E-state index in [0.717, 1.165) is 0 Å². The number of hydrogen-bond acceptors (Lipinski definition) is 6. The van der Waals surface area contributed by atoms with E-state index in [0.29, 0.717) is 42.5 Å². The van der Waals surface area contributed by atoms with E-state index in [1.165, 1.54) is 0 Å². The van der Waals surface area contributed by atoms with Gasteiger partial charge in [-0.2, -0.15) is 0 Å². The topological polar surface area (TPSA) is 113 Å². The maximum Gasteiger partial charge on any atom is 0.252 e. The Balaban J connectivity index is 2.33. The Morgan fingerprint density at radius 3 is 2.74 bits per heavy atom. The third-order valence-corrected chi connectivity index (χ3v) is 3.16. The molecule has 0 saturated carbocycles. The molecule has 23 heavy (non-hydrogen) atoms. The van der Waals surface area contributed by atoms with E-state index in [2.05, 4.69) is 9.97 Å².